The maximum atomic E-state index is 13.2. The number of halogens is 1. The molecule has 0 aliphatic carbocycles. The number of hydrogen-bond donors (Lipinski definition) is 0. The smallest absolute Gasteiger partial charge is 0.234 e. The van der Waals surface area contributed by atoms with Crippen molar-refractivity contribution in [3.8, 4) is 0 Å². The van der Waals surface area contributed by atoms with E-state index in [2.05, 4.69) is 4.99 Å². The average molecular weight is 315 g/mol. The zero-order valence-corrected chi connectivity index (χ0v) is 13.2. The second-order valence-corrected chi connectivity index (χ2v) is 5.92. The monoisotopic (exact) mass is 315 g/mol. The van der Waals surface area contributed by atoms with Gasteiger partial charge < -0.3 is 9.80 Å². The largest absolute Gasteiger partial charge is 0.346 e. The second kappa shape index (κ2) is 5.61. The van der Waals surface area contributed by atoms with Crippen molar-refractivity contribution in [2.24, 2.45) is 10.9 Å². The molecule has 0 bridgehead atoms. The number of likely N-dealkylation sites (tertiary alicyclic amines) is 1. The first-order valence-electron chi connectivity index (χ1n) is 7.45. The van der Waals surface area contributed by atoms with Gasteiger partial charge in [-0.1, -0.05) is 18.2 Å². The number of likely N-dealkylation sites (N-methyl/N-ethyl adjacent to an activating group) is 2. The first kappa shape index (κ1) is 15.4. The molecule has 2 aliphatic rings. The van der Waals surface area contributed by atoms with Crippen molar-refractivity contribution in [2.75, 3.05) is 14.1 Å². The molecule has 2 aliphatic heterocycles. The maximum Gasteiger partial charge on any atom is 0.234 e. The van der Waals surface area contributed by atoms with Crippen LogP contribution >= 0.6 is 0 Å². The van der Waals surface area contributed by atoms with Crippen molar-refractivity contribution in [1.29, 1.82) is 0 Å². The molecule has 1 aromatic carbocycles. The van der Waals surface area contributed by atoms with Crippen LogP contribution in [0.4, 0.5) is 4.39 Å². The van der Waals surface area contributed by atoms with Crippen LogP contribution in [0.3, 0.4) is 0 Å². The molecule has 6 heteroatoms. The fourth-order valence-electron chi connectivity index (χ4n) is 3.03. The summed E-state index contributed by atoms with van der Waals surface area (Å²) in [4.78, 5) is 32.3. The zero-order chi connectivity index (χ0) is 16.7. The number of rotatable bonds is 2. The van der Waals surface area contributed by atoms with E-state index in [1.807, 2.05) is 0 Å². The lowest BCUT2D eigenvalue weighted by Crippen LogP contribution is -2.59. The van der Waals surface area contributed by atoms with Crippen molar-refractivity contribution in [1.82, 2.24) is 9.80 Å². The highest BCUT2D eigenvalue weighted by Crippen LogP contribution is 2.28. The normalized spacial score (nSPS) is 27.7. The number of piperidine rings is 1. The third-order valence-electron chi connectivity index (χ3n) is 4.43. The molecule has 0 aromatic heterocycles. The standard InChI is InChI=1S/C17H18FN3O2/c1-10-15(22)14-16(21(3)17(10)23)19-13(20(14)2)8-7-11-5-4-6-12(18)9-11/h4-10,14,16H,1-3H3/b8-7+. The summed E-state index contributed by atoms with van der Waals surface area (Å²) in [7, 11) is 3.45. The van der Waals surface area contributed by atoms with Gasteiger partial charge in [0.2, 0.25) is 5.91 Å². The van der Waals surface area contributed by atoms with Gasteiger partial charge in [0.15, 0.2) is 11.9 Å². The highest BCUT2D eigenvalue weighted by molar-refractivity contribution is 6.10. The van der Waals surface area contributed by atoms with E-state index in [0.717, 1.165) is 0 Å². The van der Waals surface area contributed by atoms with E-state index in [-0.39, 0.29) is 17.5 Å². The molecule has 0 saturated carbocycles. The summed E-state index contributed by atoms with van der Waals surface area (Å²) in [5, 5.41) is 0. The lowest BCUT2D eigenvalue weighted by atomic mass is 9.91. The van der Waals surface area contributed by atoms with Crippen LogP contribution in [-0.4, -0.2) is 53.6 Å². The molecule has 3 atom stereocenters. The van der Waals surface area contributed by atoms with E-state index in [0.29, 0.717) is 11.4 Å². The van der Waals surface area contributed by atoms with Crippen molar-refractivity contribution in [3.63, 3.8) is 0 Å². The summed E-state index contributed by atoms with van der Waals surface area (Å²) in [6.45, 7) is 1.63. The van der Waals surface area contributed by atoms with E-state index in [9.17, 15) is 14.0 Å². The Labute approximate surface area is 134 Å². The van der Waals surface area contributed by atoms with Gasteiger partial charge in [-0.05, 0) is 30.7 Å². The third-order valence-corrected chi connectivity index (χ3v) is 4.43. The molecular weight excluding hydrogens is 297 g/mol. The summed E-state index contributed by atoms with van der Waals surface area (Å²) in [5.41, 5.74) is 0.708. The number of nitrogens with zero attached hydrogens (tertiary/aromatic N) is 3. The first-order valence-corrected chi connectivity index (χ1v) is 7.45. The van der Waals surface area contributed by atoms with Gasteiger partial charge in [-0.15, -0.1) is 0 Å². The van der Waals surface area contributed by atoms with Crippen LogP contribution in [0.2, 0.25) is 0 Å². The van der Waals surface area contributed by atoms with Gasteiger partial charge in [-0.2, -0.15) is 0 Å². The topological polar surface area (TPSA) is 53.0 Å². The van der Waals surface area contributed by atoms with E-state index in [4.69, 9.17) is 0 Å². The van der Waals surface area contributed by atoms with E-state index >= 15 is 0 Å². The molecule has 1 amide bonds. The number of Topliss-reactive ketones (excluding diaryl/α,β-unsaturated/α-hetero) is 1. The Balaban J connectivity index is 1.87. The fraction of sp³-hybridized carbons (Fsp3) is 0.353. The van der Waals surface area contributed by atoms with Gasteiger partial charge in [0.05, 0.1) is 5.92 Å². The SMILES string of the molecule is CC1C(=O)C2C(N=C(/C=C/c3cccc(F)c3)N2C)N(C)C1=O. The van der Waals surface area contributed by atoms with Gasteiger partial charge in [-0.3, -0.25) is 9.59 Å². The molecule has 1 fully saturated rings. The Hall–Kier alpha value is -2.50. The van der Waals surface area contributed by atoms with E-state index in [1.54, 1.807) is 50.2 Å². The zero-order valence-electron chi connectivity index (χ0n) is 13.2. The number of carbonyl (C=O) groups excluding carboxylic acids is 2. The van der Waals surface area contributed by atoms with Crippen LogP contribution in [0, 0.1) is 11.7 Å². The van der Waals surface area contributed by atoms with Crippen molar-refractivity contribution in [3.05, 3.63) is 41.7 Å². The Morgan fingerprint density at radius 1 is 1.17 bits per heavy atom. The lowest BCUT2D eigenvalue weighted by Gasteiger charge is -2.37. The summed E-state index contributed by atoms with van der Waals surface area (Å²) in [5.74, 6) is -0.670. The number of hydrogen-bond acceptors (Lipinski definition) is 4. The van der Waals surface area contributed by atoms with Crippen molar-refractivity contribution in [2.45, 2.75) is 19.1 Å². The molecule has 23 heavy (non-hydrogen) atoms. The molecule has 3 rings (SSSR count). The van der Waals surface area contributed by atoms with Gasteiger partial charge in [0, 0.05) is 14.1 Å². The van der Waals surface area contributed by atoms with Crippen molar-refractivity contribution < 1.29 is 14.0 Å². The molecule has 1 saturated heterocycles. The Bertz CT molecular complexity index is 728. The Morgan fingerprint density at radius 3 is 2.61 bits per heavy atom. The number of ketones is 1. The van der Waals surface area contributed by atoms with E-state index in [1.165, 1.54) is 17.0 Å². The molecule has 120 valence electrons. The number of aliphatic imine (C=N–C) groups is 1. The predicted molar refractivity (Wildman–Crippen MR) is 85.1 cm³/mol. The Morgan fingerprint density at radius 2 is 1.91 bits per heavy atom. The van der Waals surface area contributed by atoms with Crippen molar-refractivity contribution >= 4 is 23.6 Å². The second-order valence-electron chi connectivity index (χ2n) is 5.92. The first-order chi connectivity index (χ1) is 10.9. The fourth-order valence-corrected chi connectivity index (χ4v) is 3.03. The third kappa shape index (κ3) is 2.54. The van der Waals surface area contributed by atoms with Gasteiger partial charge in [-0.25, -0.2) is 9.38 Å². The summed E-state index contributed by atoms with van der Waals surface area (Å²) in [6, 6.07) is 5.76. The molecule has 0 spiro atoms. The van der Waals surface area contributed by atoms with Gasteiger partial charge in [0.1, 0.15) is 17.7 Å². The molecule has 0 radical (unpaired) electrons. The summed E-state index contributed by atoms with van der Waals surface area (Å²) in [6.07, 6.45) is 2.98. The molecule has 3 unspecified atom stereocenters. The molecule has 1 aromatic rings. The van der Waals surface area contributed by atoms with E-state index < -0.39 is 18.1 Å². The number of amidine groups is 1. The molecule has 0 N–H and O–H groups in total. The highest BCUT2D eigenvalue weighted by Gasteiger charge is 2.49. The molecule has 5 nitrogen and oxygen atoms in total. The van der Waals surface area contributed by atoms with Crippen LogP contribution in [0.1, 0.15) is 12.5 Å². The minimum absolute atomic E-state index is 0.112. The van der Waals surface area contributed by atoms with Crippen LogP contribution in [0.25, 0.3) is 6.08 Å². The molecular formula is C17H18FN3O2. The minimum Gasteiger partial charge on any atom is -0.346 e. The number of fused-ring (bicyclic) bond motifs is 1. The highest BCUT2D eigenvalue weighted by atomic mass is 19.1. The Kier molecular flexibility index (Phi) is 3.75. The summed E-state index contributed by atoms with van der Waals surface area (Å²) >= 11 is 0. The molecule has 2 heterocycles. The minimum atomic E-state index is -0.648. The van der Waals surface area contributed by atoms with Crippen LogP contribution < -0.4 is 0 Å². The number of carbonyl (C=O) groups is 2. The van der Waals surface area contributed by atoms with Crippen LogP contribution in [0.15, 0.2) is 35.3 Å². The average Bonchev–Trinajstić information content (AvgIpc) is 2.86. The number of amides is 1. The van der Waals surface area contributed by atoms with Crippen LogP contribution in [-0.2, 0) is 9.59 Å². The summed E-state index contributed by atoms with van der Waals surface area (Å²) < 4.78 is 13.2. The van der Waals surface area contributed by atoms with Gasteiger partial charge in [0.25, 0.3) is 0 Å². The van der Waals surface area contributed by atoms with Gasteiger partial charge >= 0.3 is 0 Å². The quantitative estimate of drug-likeness (QED) is 0.778. The maximum absolute atomic E-state index is 13.2. The number of benzene rings is 1. The lowest BCUT2D eigenvalue weighted by molar-refractivity contribution is -0.149. The van der Waals surface area contributed by atoms with Crippen LogP contribution in [0.5, 0.6) is 0 Å². The predicted octanol–water partition coefficient (Wildman–Crippen LogP) is 1.55.